The van der Waals surface area contributed by atoms with Crippen LogP contribution in [0.25, 0.3) is 0 Å². The van der Waals surface area contributed by atoms with Gasteiger partial charge in [-0.1, -0.05) is 6.92 Å². The normalized spacial score (nSPS) is 18.6. The molecule has 2 aromatic rings. The summed E-state index contributed by atoms with van der Waals surface area (Å²) in [7, 11) is 0. The first kappa shape index (κ1) is 14.0. The third-order valence-corrected chi connectivity index (χ3v) is 4.31. The summed E-state index contributed by atoms with van der Waals surface area (Å²) in [6.07, 6.45) is 2.55. The van der Waals surface area contributed by atoms with E-state index in [9.17, 15) is 4.79 Å². The summed E-state index contributed by atoms with van der Waals surface area (Å²) in [4.78, 5) is 12.5. The molecule has 23 heavy (non-hydrogen) atoms. The van der Waals surface area contributed by atoms with Crippen LogP contribution in [0.2, 0.25) is 0 Å². The Morgan fingerprint density at radius 2 is 2.22 bits per heavy atom. The molecule has 0 unspecified atom stereocenters. The molecule has 0 spiro atoms. The van der Waals surface area contributed by atoms with Gasteiger partial charge in [0.2, 0.25) is 6.79 Å². The molecule has 1 atom stereocenters. The lowest BCUT2D eigenvalue weighted by Crippen LogP contribution is -2.41. The number of amides is 1. The van der Waals surface area contributed by atoms with Gasteiger partial charge in [-0.25, -0.2) is 0 Å². The molecule has 0 bridgehead atoms. The van der Waals surface area contributed by atoms with Gasteiger partial charge < -0.3 is 19.4 Å². The van der Waals surface area contributed by atoms with Crippen LogP contribution in [0.4, 0.5) is 0 Å². The lowest BCUT2D eigenvalue weighted by Gasteiger charge is -2.25. The Morgan fingerprint density at radius 1 is 1.35 bits per heavy atom. The Balaban J connectivity index is 1.47. The SMILES string of the molecule is CCc1nnc2n1C[C@H](NC(=O)c1ccc3c(c1)OCO3)CC2. The summed E-state index contributed by atoms with van der Waals surface area (Å²) < 4.78 is 12.7. The highest BCUT2D eigenvalue weighted by Gasteiger charge is 2.24. The largest absolute Gasteiger partial charge is 0.454 e. The molecule has 0 radical (unpaired) electrons. The predicted octanol–water partition coefficient (Wildman–Crippen LogP) is 1.31. The molecular formula is C16H18N4O3. The van der Waals surface area contributed by atoms with Crippen molar-refractivity contribution < 1.29 is 14.3 Å². The highest BCUT2D eigenvalue weighted by atomic mass is 16.7. The highest BCUT2D eigenvalue weighted by molar-refractivity contribution is 5.95. The summed E-state index contributed by atoms with van der Waals surface area (Å²) in [5, 5.41) is 11.5. The minimum Gasteiger partial charge on any atom is -0.454 e. The fourth-order valence-corrected chi connectivity index (χ4v) is 3.07. The molecular weight excluding hydrogens is 296 g/mol. The van der Waals surface area contributed by atoms with Gasteiger partial charge in [0.25, 0.3) is 5.91 Å². The van der Waals surface area contributed by atoms with Crippen molar-refractivity contribution >= 4 is 5.91 Å². The van der Waals surface area contributed by atoms with E-state index >= 15 is 0 Å². The number of rotatable bonds is 3. The number of carbonyl (C=O) groups excluding carboxylic acids is 1. The Hall–Kier alpha value is -2.57. The standard InChI is InChI=1S/C16H18N4O3/c1-2-14-18-19-15-6-4-11(8-20(14)15)17-16(21)10-3-5-12-13(7-10)23-9-22-12/h3,5,7,11H,2,4,6,8-9H2,1H3,(H,17,21)/t11-/m1/s1. The molecule has 120 valence electrons. The van der Waals surface area contributed by atoms with Crippen molar-refractivity contribution in [2.45, 2.75) is 38.8 Å². The summed E-state index contributed by atoms with van der Waals surface area (Å²) in [6.45, 7) is 2.99. The highest BCUT2D eigenvalue weighted by Crippen LogP contribution is 2.32. The van der Waals surface area contributed by atoms with Crippen LogP contribution in [0, 0.1) is 0 Å². The van der Waals surface area contributed by atoms with Crippen molar-refractivity contribution in [1.29, 1.82) is 0 Å². The number of fused-ring (bicyclic) bond motifs is 2. The first-order valence-electron chi connectivity index (χ1n) is 7.86. The molecule has 3 heterocycles. The van der Waals surface area contributed by atoms with Crippen LogP contribution in [-0.4, -0.2) is 33.5 Å². The molecule has 0 saturated carbocycles. The topological polar surface area (TPSA) is 78.3 Å². The van der Waals surface area contributed by atoms with Gasteiger partial charge in [-0.3, -0.25) is 4.79 Å². The van der Waals surface area contributed by atoms with Crippen LogP contribution < -0.4 is 14.8 Å². The maximum Gasteiger partial charge on any atom is 0.251 e. The van der Waals surface area contributed by atoms with E-state index in [2.05, 4.69) is 27.0 Å². The third-order valence-electron chi connectivity index (χ3n) is 4.31. The van der Waals surface area contributed by atoms with Crippen molar-refractivity contribution in [1.82, 2.24) is 20.1 Å². The van der Waals surface area contributed by atoms with E-state index in [0.717, 1.165) is 37.5 Å². The minimum absolute atomic E-state index is 0.0849. The van der Waals surface area contributed by atoms with Crippen LogP contribution in [0.1, 0.15) is 35.4 Å². The van der Waals surface area contributed by atoms with E-state index in [-0.39, 0.29) is 18.7 Å². The lowest BCUT2D eigenvalue weighted by atomic mass is 10.1. The number of hydrogen-bond acceptors (Lipinski definition) is 5. The third kappa shape index (κ3) is 2.52. The van der Waals surface area contributed by atoms with E-state index in [0.29, 0.717) is 17.1 Å². The summed E-state index contributed by atoms with van der Waals surface area (Å²) in [5.41, 5.74) is 0.583. The van der Waals surface area contributed by atoms with Crippen molar-refractivity contribution in [3.05, 3.63) is 35.4 Å². The number of carbonyl (C=O) groups is 1. The summed E-state index contributed by atoms with van der Waals surface area (Å²) in [5.74, 6) is 3.19. The Morgan fingerprint density at radius 3 is 3.09 bits per heavy atom. The molecule has 0 saturated heterocycles. The van der Waals surface area contributed by atoms with Crippen LogP contribution >= 0.6 is 0 Å². The fraction of sp³-hybridized carbons (Fsp3) is 0.438. The smallest absolute Gasteiger partial charge is 0.251 e. The zero-order valence-corrected chi connectivity index (χ0v) is 12.9. The van der Waals surface area contributed by atoms with Crippen LogP contribution in [0.5, 0.6) is 11.5 Å². The van der Waals surface area contributed by atoms with Crippen LogP contribution in [0.3, 0.4) is 0 Å². The Bertz CT molecular complexity index is 742. The molecule has 1 N–H and O–H groups in total. The number of hydrogen-bond donors (Lipinski definition) is 1. The molecule has 0 fully saturated rings. The number of benzene rings is 1. The number of aromatic nitrogens is 3. The van der Waals surface area contributed by atoms with E-state index in [1.54, 1.807) is 18.2 Å². The number of aryl methyl sites for hydroxylation is 2. The van der Waals surface area contributed by atoms with Crippen molar-refractivity contribution in [3.63, 3.8) is 0 Å². The van der Waals surface area contributed by atoms with Gasteiger partial charge in [-0.15, -0.1) is 10.2 Å². The number of nitrogens with zero attached hydrogens (tertiary/aromatic N) is 3. The maximum absolute atomic E-state index is 12.5. The van der Waals surface area contributed by atoms with Gasteiger partial charge in [0.05, 0.1) is 0 Å². The summed E-state index contributed by atoms with van der Waals surface area (Å²) >= 11 is 0. The number of nitrogens with one attached hydrogen (secondary N) is 1. The second-order valence-electron chi connectivity index (χ2n) is 5.77. The van der Waals surface area contributed by atoms with Crippen molar-refractivity contribution in [2.24, 2.45) is 0 Å². The molecule has 2 aliphatic rings. The molecule has 4 rings (SSSR count). The van der Waals surface area contributed by atoms with E-state index < -0.39 is 0 Å². The first-order chi connectivity index (χ1) is 11.2. The predicted molar refractivity (Wildman–Crippen MR) is 81.5 cm³/mol. The average Bonchev–Trinajstić information content (AvgIpc) is 3.20. The monoisotopic (exact) mass is 314 g/mol. The molecule has 2 aliphatic heterocycles. The minimum atomic E-state index is -0.0946. The van der Waals surface area contributed by atoms with Gasteiger partial charge >= 0.3 is 0 Å². The van der Waals surface area contributed by atoms with Crippen LogP contribution in [-0.2, 0) is 19.4 Å². The Kier molecular flexibility index (Phi) is 3.40. The average molecular weight is 314 g/mol. The number of ether oxygens (including phenoxy) is 2. The van der Waals surface area contributed by atoms with Gasteiger partial charge in [0.15, 0.2) is 11.5 Å². The molecule has 1 aromatic heterocycles. The fourth-order valence-electron chi connectivity index (χ4n) is 3.07. The Labute approximate surface area is 133 Å². The summed E-state index contributed by atoms with van der Waals surface area (Å²) in [6, 6.07) is 5.34. The zero-order chi connectivity index (χ0) is 15.8. The van der Waals surface area contributed by atoms with E-state index in [1.165, 1.54) is 0 Å². The van der Waals surface area contributed by atoms with Gasteiger partial charge in [0.1, 0.15) is 11.6 Å². The van der Waals surface area contributed by atoms with Gasteiger partial charge in [-0.05, 0) is 24.6 Å². The zero-order valence-electron chi connectivity index (χ0n) is 12.9. The second kappa shape index (κ2) is 5.57. The van der Waals surface area contributed by atoms with Gasteiger partial charge in [0, 0.05) is 31.0 Å². The molecule has 7 nitrogen and oxygen atoms in total. The molecule has 0 aliphatic carbocycles. The first-order valence-corrected chi connectivity index (χ1v) is 7.86. The quantitative estimate of drug-likeness (QED) is 0.924. The van der Waals surface area contributed by atoms with Crippen molar-refractivity contribution in [2.75, 3.05) is 6.79 Å². The van der Waals surface area contributed by atoms with E-state index in [1.807, 2.05) is 0 Å². The maximum atomic E-state index is 12.5. The lowest BCUT2D eigenvalue weighted by molar-refractivity contribution is 0.0927. The molecule has 1 amide bonds. The van der Waals surface area contributed by atoms with E-state index in [4.69, 9.17) is 9.47 Å². The van der Waals surface area contributed by atoms with Gasteiger partial charge in [-0.2, -0.15) is 0 Å². The molecule has 1 aromatic carbocycles. The second-order valence-corrected chi connectivity index (χ2v) is 5.77. The van der Waals surface area contributed by atoms with Crippen LogP contribution in [0.15, 0.2) is 18.2 Å². The van der Waals surface area contributed by atoms with Crippen molar-refractivity contribution in [3.8, 4) is 11.5 Å². The molecule has 7 heteroatoms.